The Balaban J connectivity index is 1.72. The van der Waals surface area contributed by atoms with E-state index in [1.807, 2.05) is 0 Å². The Morgan fingerprint density at radius 3 is 2.76 bits per heavy atom. The summed E-state index contributed by atoms with van der Waals surface area (Å²) < 4.78 is 0. The zero-order valence-corrected chi connectivity index (χ0v) is 13.7. The highest BCUT2D eigenvalue weighted by atomic mass is 16.1. The molecule has 0 aliphatic carbocycles. The normalized spacial score (nSPS) is 30.6. The first-order valence-electron chi connectivity index (χ1n) is 8.47. The van der Waals surface area contributed by atoms with E-state index in [4.69, 9.17) is 11.5 Å². The number of nitrogens with two attached hydrogens (primary N) is 2. The molecule has 3 atom stereocenters. The zero-order valence-electron chi connectivity index (χ0n) is 13.7. The van der Waals surface area contributed by atoms with Crippen molar-refractivity contribution in [3.05, 3.63) is 0 Å². The van der Waals surface area contributed by atoms with Crippen molar-refractivity contribution in [3.8, 4) is 0 Å². The Labute approximate surface area is 129 Å². The van der Waals surface area contributed by atoms with E-state index in [9.17, 15) is 4.79 Å². The fraction of sp³-hybridized carbons (Fsp3) is 0.938. The van der Waals surface area contributed by atoms with Gasteiger partial charge in [0.15, 0.2) is 0 Å². The van der Waals surface area contributed by atoms with Crippen LogP contribution in [-0.2, 0) is 4.79 Å². The van der Waals surface area contributed by atoms with Crippen LogP contribution >= 0.6 is 0 Å². The first-order chi connectivity index (χ1) is 9.90. The van der Waals surface area contributed by atoms with Crippen molar-refractivity contribution in [1.82, 2.24) is 9.80 Å². The summed E-state index contributed by atoms with van der Waals surface area (Å²) in [6, 6.07) is 1.40. The lowest BCUT2D eigenvalue weighted by molar-refractivity contribution is -0.122. The van der Waals surface area contributed by atoms with Gasteiger partial charge in [0.2, 0.25) is 5.91 Å². The fourth-order valence-electron chi connectivity index (χ4n) is 3.65. The maximum Gasteiger partial charge on any atom is 0.237 e. The molecule has 5 heteroatoms. The number of primary amides is 1. The van der Waals surface area contributed by atoms with Gasteiger partial charge in [0.1, 0.15) is 0 Å². The molecule has 0 bridgehead atoms. The Hall–Kier alpha value is -0.650. The summed E-state index contributed by atoms with van der Waals surface area (Å²) in [5.74, 6) is -0.397. The minimum atomic E-state index is -0.853. The molecule has 2 fully saturated rings. The van der Waals surface area contributed by atoms with Crippen LogP contribution < -0.4 is 11.5 Å². The number of hydrogen-bond donors (Lipinski definition) is 2. The summed E-state index contributed by atoms with van der Waals surface area (Å²) in [7, 11) is 0. The van der Waals surface area contributed by atoms with Crippen molar-refractivity contribution in [1.29, 1.82) is 0 Å². The second-order valence-corrected chi connectivity index (χ2v) is 7.23. The van der Waals surface area contributed by atoms with Crippen LogP contribution in [-0.4, -0.2) is 59.5 Å². The molecule has 3 unspecified atom stereocenters. The summed E-state index contributed by atoms with van der Waals surface area (Å²) in [6.45, 7) is 8.88. The Morgan fingerprint density at radius 1 is 1.29 bits per heavy atom. The molecule has 0 aromatic carbocycles. The van der Waals surface area contributed by atoms with E-state index in [2.05, 4.69) is 16.7 Å². The van der Waals surface area contributed by atoms with E-state index >= 15 is 0 Å². The number of carbonyl (C=O) groups is 1. The SMILES string of the molecule is CC1CN2CCCCC2CN1CCCCC(C)(N)C(N)=O. The molecule has 2 heterocycles. The molecule has 2 aliphatic heterocycles. The highest BCUT2D eigenvalue weighted by Crippen LogP contribution is 2.24. The molecule has 2 aliphatic rings. The summed E-state index contributed by atoms with van der Waals surface area (Å²) in [5.41, 5.74) is 10.4. The van der Waals surface area contributed by atoms with Gasteiger partial charge in [-0.2, -0.15) is 0 Å². The molecular weight excluding hydrogens is 264 g/mol. The van der Waals surface area contributed by atoms with E-state index in [0.29, 0.717) is 12.5 Å². The van der Waals surface area contributed by atoms with E-state index in [1.165, 1.54) is 38.9 Å². The van der Waals surface area contributed by atoms with Gasteiger partial charge in [0.25, 0.3) is 0 Å². The van der Waals surface area contributed by atoms with Crippen LogP contribution in [0.15, 0.2) is 0 Å². The van der Waals surface area contributed by atoms with Crippen molar-refractivity contribution in [2.75, 3.05) is 26.2 Å². The van der Waals surface area contributed by atoms with Crippen molar-refractivity contribution in [3.63, 3.8) is 0 Å². The van der Waals surface area contributed by atoms with Gasteiger partial charge < -0.3 is 11.5 Å². The lowest BCUT2D eigenvalue weighted by Crippen LogP contribution is -2.58. The van der Waals surface area contributed by atoms with Gasteiger partial charge in [0, 0.05) is 25.2 Å². The van der Waals surface area contributed by atoms with Crippen LogP contribution in [0.1, 0.15) is 52.4 Å². The molecule has 1 amide bonds. The summed E-state index contributed by atoms with van der Waals surface area (Å²) in [5, 5.41) is 0. The first-order valence-corrected chi connectivity index (χ1v) is 8.47. The van der Waals surface area contributed by atoms with Crippen LogP contribution in [0, 0.1) is 0 Å². The molecule has 5 nitrogen and oxygen atoms in total. The third kappa shape index (κ3) is 4.41. The summed E-state index contributed by atoms with van der Waals surface area (Å²) >= 11 is 0. The largest absolute Gasteiger partial charge is 0.368 e. The van der Waals surface area contributed by atoms with Crippen LogP contribution in [0.25, 0.3) is 0 Å². The zero-order chi connectivity index (χ0) is 15.5. The third-order valence-electron chi connectivity index (χ3n) is 5.27. The standard InChI is InChI=1S/C16H32N4O/c1-13-11-20-10-5-3-7-14(20)12-19(13)9-6-4-8-16(2,18)15(17)21/h13-14H,3-12,18H2,1-2H3,(H2,17,21). The summed E-state index contributed by atoms with van der Waals surface area (Å²) in [4.78, 5) is 16.5. The number of carbonyl (C=O) groups excluding carboxylic acids is 1. The minimum Gasteiger partial charge on any atom is -0.368 e. The smallest absolute Gasteiger partial charge is 0.237 e. The van der Waals surface area contributed by atoms with Crippen molar-refractivity contribution < 1.29 is 4.79 Å². The minimum absolute atomic E-state index is 0.397. The predicted molar refractivity (Wildman–Crippen MR) is 85.9 cm³/mol. The monoisotopic (exact) mass is 296 g/mol. The second kappa shape index (κ2) is 7.07. The van der Waals surface area contributed by atoms with Gasteiger partial charge in [-0.25, -0.2) is 0 Å². The van der Waals surface area contributed by atoms with Gasteiger partial charge in [-0.05, 0) is 59.0 Å². The maximum absolute atomic E-state index is 11.2. The number of unbranched alkanes of at least 4 members (excludes halogenated alkanes) is 1. The van der Waals surface area contributed by atoms with Gasteiger partial charge in [0.05, 0.1) is 5.54 Å². The lowest BCUT2D eigenvalue weighted by Gasteiger charge is -2.47. The fourth-order valence-corrected chi connectivity index (χ4v) is 3.65. The molecule has 0 spiro atoms. The lowest BCUT2D eigenvalue weighted by atomic mass is 9.94. The van der Waals surface area contributed by atoms with Gasteiger partial charge in [-0.3, -0.25) is 14.6 Å². The Bertz CT molecular complexity index is 358. The molecule has 2 saturated heterocycles. The van der Waals surface area contributed by atoms with Gasteiger partial charge >= 0.3 is 0 Å². The number of piperidine rings is 1. The predicted octanol–water partition coefficient (Wildman–Crippen LogP) is 0.918. The number of fused-ring (bicyclic) bond motifs is 1. The molecule has 21 heavy (non-hydrogen) atoms. The van der Waals surface area contributed by atoms with E-state index in [-0.39, 0.29) is 0 Å². The average Bonchev–Trinajstić information content (AvgIpc) is 2.43. The topological polar surface area (TPSA) is 75.6 Å². The number of nitrogens with zero attached hydrogens (tertiary/aromatic N) is 2. The number of amides is 1. The Kier molecular flexibility index (Phi) is 5.63. The highest BCUT2D eigenvalue weighted by molar-refractivity contribution is 5.83. The van der Waals surface area contributed by atoms with Crippen molar-refractivity contribution in [2.45, 2.75) is 70.0 Å². The van der Waals surface area contributed by atoms with Crippen LogP contribution in [0.5, 0.6) is 0 Å². The van der Waals surface area contributed by atoms with E-state index in [0.717, 1.165) is 25.4 Å². The van der Waals surface area contributed by atoms with Crippen LogP contribution in [0.2, 0.25) is 0 Å². The van der Waals surface area contributed by atoms with Gasteiger partial charge in [-0.1, -0.05) is 6.42 Å². The van der Waals surface area contributed by atoms with Gasteiger partial charge in [-0.15, -0.1) is 0 Å². The second-order valence-electron chi connectivity index (χ2n) is 7.23. The van der Waals surface area contributed by atoms with Crippen molar-refractivity contribution >= 4 is 5.91 Å². The molecule has 2 rings (SSSR count). The van der Waals surface area contributed by atoms with Crippen LogP contribution in [0.4, 0.5) is 0 Å². The maximum atomic E-state index is 11.2. The Morgan fingerprint density at radius 2 is 2.05 bits per heavy atom. The number of hydrogen-bond acceptors (Lipinski definition) is 4. The molecule has 0 aromatic heterocycles. The first kappa shape index (κ1) is 16.7. The molecule has 122 valence electrons. The molecule has 0 aromatic rings. The van der Waals surface area contributed by atoms with E-state index < -0.39 is 11.4 Å². The summed E-state index contributed by atoms with van der Waals surface area (Å²) in [6.07, 6.45) is 6.84. The number of rotatable bonds is 6. The van der Waals surface area contributed by atoms with Crippen molar-refractivity contribution in [2.24, 2.45) is 11.5 Å². The quantitative estimate of drug-likeness (QED) is 0.715. The van der Waals surface area contributed by atoms with E-state index in [1.54, 1.807) is 6.92 Å². The molecule has 4 N–H and O–H groups in total. The third-order valence-corrected chi connectivity index (χ3v) is 5.27. The average molecular weight is 296 g/mol. The molecule has 0 saturated carbocycles. The highest BCUT2D eigenvalue weighted by Gasteiger charge is 2.32. The number of piperazine rings is 1. The van der Waals surface area contributed by atoms with Crippen LogP contribution in [0.3, 0.4) is 0 Å². The molecule has 0 radical (unpaired) electrons. The molecular formula is C16H32N4O.